The highest BCUT2D eigenvalue weighted by Gasteiger charge is 2.17. The number of benzene rings is 3. The number of nitrogens with zero attached hydrogens (tertiary/aromatic N) is 6. The van der Waals surface area contributed by atoms with Crippen LogP contribution in [0.2, 0.25) is 0 Å². The first-order chi connectivity index (χ1) is 21.8. The molecule has 0 aliphatic carbocycles. The molecule has 0 saturated carbocycles. The van der Waals surface area contributed by atoms with Gasteiger partial charge in [0.1, 0.15) is 5.82 Å². The lowest BCUT2D eigenvalue weighted by atomic mass is 10.1. The van der Waals surface area contributed by atoms with E-state index in [9.17, 15) is 0 Å². The van der Waals surface area contributed by atoms with Crippen molar-refractivity contribution < 1.29 is 0 Å². The number of rotatable bonds is 4. The van der Waals surface area contributed by atoms with Gasteiger partial charge >= 0.3 is 0 Å². The van der Waals surface area contributed by atoms with E-state index in [0.717, 1.165) is 67.0 Å². The van der Waals surface area contributed by atoms with Crippen molar-refractivity contribution in [3.63, 3.8) is 0 Å². The maximum Gasteiger partial charge on any atom is 0.138 e. The largest absolute Gasteiger partial charge is 0.308 e. The molecule has 9 aromatic rings. The van der Waals surface area contributed by atoms with E-state index in [-0.39, 0.29) is 0 Å². The summed E-state index contributed by atoms with van der Waals surface area (Å²) in [5.41, 5.74) is 8.96. The summed E-state index contributed by atoms with van der Waals surface area (Å²) in [5, 5.41) is 4.63. The highest BCUT2D eigenvalue weighted by Crippen LogP contribution is 2.36. The lowest BCUT2D eigenvalue weighted by molar-refractivity contribution is 1.07. The summed E-state index contributed by atoms with van der Waals surface area (Å²) in [6.07, 6.45) is 7.54. The zero-order chi connectivity index (χ0) is 29.0. The van der Waals surface area contributed by atoms with Gasteiger partial charge in [-0.05, 0) is 54.6 Å². The Morgan fingerprint density at radius 3 is 1.89 bits per heavy atom. The number of aromatic nitrogens is 6. The van der Waals surface area contributed by atoms with Crippen LogP contribution in [0.4, 0.5) is 0 Å². The van der Waals surface area contributed by atoms with Crippen LogP contribution in [-0.2, 0) is 0 Å². The number of fused-ring (bicyclic) bond motifs is 6. The van der Waals surface area contributed by atoms with Gasteiger partial charge in [-0.25, -0.2) is 9.97 Å². The quantitative estimate of drug-likeness (QED) is 0.214. The summed E-state index contributed by atoms with van der Waals surface area (Å²) in [6.45, 7) is 0. The third-order valence-electron chi connectivity index (χ3n) is 8.35. The summed E-state index contributed by atoms with van der Waals surface area (Å²) < 4.78 is 4.49. The van der Waals surface area contributed by atoms with E-state index in [4.69, 9.17) is 9.97 Å². The van der Waals surface area contributed by atoms with Crippen LogP contribution in [0.15, 0.2) is 146 Å². The Bertz CT molecular complexity index is 2420. The maximum atomic E-state index is 5.18. The van der Waals surface area contributed by atoms with E-state index < -0.39 is 0 Å². The molecule has 0 unspecified atom stereocenters. The van der Waals surface area contributed by atoms with Crippen molar-refractivity contribution in [2.45, 2.75) is 0 Å². The molecule has 0 fully saturated rings. The molecule has 0 spiro atoms. The Morgan fingerprint density at radius 2 is 1.00 bits per heavy atom. The first-order valence-corrected chi connectivity index (χ1v) is 14.6. The van der Waals surface area contributed by atoms with Crippen molar-refractivity contribution in [3.8, 4) is 34.2 Å². The van der Waals surface area contributed by atoms with Gasteiger partial charge in [0.25, 0.3) is 0 Å². The van der Waals surface area contributed by atoms with Gasteiger partial charge in [-0.1, -0.05) is 66.7 Å². The summed E-state index contributed by atoms with van der Waals surface area (Å²) in [5.74, 6) is 0.827. The minimum Gasteiger partial charge on any atom is -0.308 e. The van der Waals surface area contributed by atoms with Crippen molar-refractivity contribution in [2.75, 3.05) is 0 Å². The van der Waals surface area contributed by atoms with Gasteiger partial charge < -0.3 is 4.57 Å². The topological polar surface area (TPSA) is 61.4 Å². The van der Waals surface area contributed by atoms with E-state index in [1.807, 2.05) is 49.1 Å². The molecule has 0 saturated heterocycles. The van der Waals surface area contributed by atoms with Crippen LogP contribution in [0, 0.1) is 0 Å². The molecule has 0 amide bonds. The van der Waals surface area contributed by atoms with Crippen molar-refractivity contribution in [2.24, 2.45) is 0 Å². The van der Waals surface area contributed by atoms with Gasteiger partial charge in [-0.2, -0.15) is 0 Å². The average Bonchev–Trinajstić information content (AvgIpc) is 3.62. The number of hydrogen-bond acceptors (Lipinski definition) is 4. The maximum absolute atomic E-state index is 5.18. The fourth-order valence-electron chi connectivity index (χ4n) is 6.44. The fraction of sp³-hybridized carbons (Fsp3) is 0. The average molecular weight is 565 g/mol. The number of hydrogen-bond donors (Lipinski definition) is 0. The van der Waals surface area contributed by atoms with E-state index in [2.05, 4.69) is 116 Å². The van der Waals surface area contributed by atoms with Crippen LogP contribution < -0.4 is 0 Å². The van der Waals surface area contributed by atoms with Crippen LogP contribution in [-0.4, -0.2) is 29.1 Å². The van der Waals surface area contributed by atoms with E-state index in [0.29, 0.717) is 0 Å². The van der Waals surface area contributed by atoms with E-state index in [1.165, 1.54) is 10.8 Å². The Kier molecular flexibility index (Phi) is 5.40. The van der Waals surface area contributed by atoms with E-state index in [1.54, 1.807) is 0 Å². The van der Waals surface area contributed by atoms with Gasteiger partial charge in [0.2, 0.25) is 0 Å². The second-order valence-corrected chi connectivity index (χ2v) is 10.8. The highest BCUT2D eigenvalue weighted by molar-refractivity contribution is 6.10. The summed E-state index contributed by atoms with van der Waals surface area (Å²) >= 11 is 0. The summed E-state index contributed by atoms with van der Waals surface area (Å²) in [6, 6.07) is 41.7. The molecule has 0 aliphatic rings. The normalized spacial score (nSPS) is 11.6. The lowest BCUT2D eigenvalue weighted by Crippen LogP contribution is -2.00. The van der Waals surface area contributed by atoms with Crippen LogP contribution >= 0.6 is 0 Å². The molecule has 3 aromatic carbocycles. The minimum atomic E-state index is 0.805. The molecule has 44 heavy (non-hydrogen) atoms. The van der Waals surface area contributed by atoms with Gasteiger partial charge in [0.05, 0.1) is 51.0 Å². The third kappa shape index (κ3) is 3.68. The monoisotopic (exact) mass is 564 g/mol. The first kappa shape index (κ1) is 24.5. The Labute approximate surface area is 252 Å². The Hall–Kier alpha value is -6.14. The molecule has 9 rings (SSSR count). The third-order valence-corrected chi connectivity index (χ3v) is 8.35. The van der Waals surface area contributed by atoms with Crippen molar-refractivity contribution in [1.82, 2.24) is 29.1 Å². The number of pyridine rings is 4. The van der Waals surface area contributed by atoms with Crippen molar-refractivity contribution in [1.29, 1.82) is 0 Å². The zero-order valence-corrected chi connectivity index (χ0v) is 23.5. The molecule has 0 aliphatic heterocycles. The lowest BCUT2D eigenvalue weighted by Gasteiger charge is -2.14. The van der Waals surface area contributed by atoms with Gasteiger partial charge in [-0.3, -0.25) is 14.5 Å². The Balaban J connectivity index is 1.20. The molecule has 6 aromatic heterocycles. The van der Waals surface area contributed by atoms with Crippen molar-refractivity contribution in [3.05, 3.63) is 146 Å². The molecule has 0 N–H and O–H groups in total. The SMILES string of the molecule is c1cc(-c2cccc(-n3c4ccccc4c4ccncc43)n2)nc(-c2ccccc2-n2c3ccccc3c3cnccc32)c1. The number of para-hydroxylation sites is 3. The summed E-state index contributed by atoms with van der Waals surface area (Å²) in [4.78, 5) is 19.2. The molecular formula is C38H24N6. The molecular weight excluding hydrogens is 540 g/mol. The zero-order valence-electron chi connectivity index (χ0n) is 23.5. The fourth-order valence-corrected chi connectivity index (χ4v) is 6.44. The molecule has 6 nitrogen and oxygen atoms in total. The van der Waals surface area contributed by atoms with Crippen molar-refractivity contribution >= 4 is 43.6 Å². The molecule has 6 heteroatoms. The molecule has 6 heterocycles. The molecule has 0 bridgehead atoms. The van der Waals surface area contributed by atoms with Crippen LogP contribution in [0.25, 0.3) is 77.8 Å². The second-order valence-electron chi connectivity index (χ2n) is 10.8. The second kappa shape index (κ2) is 9.71. The van der Waals surface area contributed by atoms with Gasteiger partial charge in [0.15, 0.2) is 0 Å². The highest BCUT2D eigenvalue weighted by atomic mass is 15.1. The van der Waals surface area contributed by atoms with Crippen LogP contribution in [0.5, 0.6) is 0 Å². The standard InChI is InChI=1S/C38H24N6/c1-5-16-34-25(9-1)27-19-21-40-24-37(27)44(34)38-18-8-14-32(42-38)31-13-7-12-30(41-31)28-11-3-6-17-35(28)43-33-15-4-2-10-26(33)29-23-39-22-20-36(29)43/h1-24H. The van der Waals surface area contributed by atoms with Gasteiger partial charge in [0, 0.05) is 45.7 Å². The van der Waals surface area contributed by atoms with Crippen LogP contribution in [0.3, 0.4) is 0 Å². The molecule has 0 atom stereocenters. The minimum absolute atomic E-state index is 0.805. The first-order valence-electron chi connectivity index (χ1n) is 14.6. The molecule has 206 valence electrons. The van der Waals surface area contributed by atoms with Gasteiger partial charge in [-0.15, -0.1) is 0 Å². The Morgan fingerprint density at radius 1 is 0.386 bits per heavy atom. The predicted molar refractivity (Wildman–Crippen MR) is 177 cm³/mol. The summed E-state index contributed by atoms with van der Waals surface area (Å²) in [7, 11) is 0. The van der Waals surface area contributed by atoms with E-state index >= 15 is 0 Å². The van der Waals surface area contributed by atoms with Crippen LogP contribution in [0.1, 0.15) is 0 Å². The predicted octanol–water partition coefficient (Wildman–Crippen LogP) is 8.79. The molecule has 0 radical (unpaired) electrons. The smallest absolute Gasteiger partial charge is 0.138 e.